The molecule has 0 N–H and O–H groups in total. The first-order valence-electron chi connectivity index (χ1n) is 10.2. The number of likely N-dealkylation sites (N-methyl/N-ethyl adjacent to an activating group) is 1. The summed E-state index contributed by atoms with van der Waals surface area (Å²) in [6, 6.07) is 14.7. The molecule has 1 atom stereocenters. The van der Waals surface area contributed by atoms with Crippen LogP contribution in [0.2, 0.25) is 0 Å². The predicted octanol–water partition coefficient (Wildman–Crippen LogP) is 3.96. The number of rotatable bonds is 6. The highest BCUT2D eigenvalue weighted by Gasteiger charge is 2.27. The summed E-state index contributed by atoms with van der Waals surface area (Å²) >= 11 is 0. The van der Waals surface area contributed by atoms with Gasteiger partial charge in [0.2, 0.25) is 5.88 Å². The van der Waals surface area contributed by atoms with Gasteiger partial charge in [-0.25, -0.2) is 9.78 Å². The summed E-state index contributed by atoms with van der Waals surface area (Å²) in [5, 5.41) is 0. The SMILES string of the molecule is CN(C(=O)COC(=O)c1cccnc1Oc1cccnc1)C1CCCc2ccccc21. The monoisotopic (exact) mass is 417 g/mol. The van der Waals surface area contributed by atoms with E-state index in [-0.39, 0.29) is 30.0 Å². The highest BCUT2D eigenvalue weighted by molar-refractivity contribution is 5.93. The van der Waals surface area contributed by atoms with Crippen LogP contribution < -0.4 is 4.74 Å². The van der Waals surface area contributed by atoms with Gasteiger partial charge in [-0.2, -0.15) is 0 Å². The maximum Gasteiger partial charge on any atom is 0.344 e. The summed E-state index contributed by atoms with van der Waals surface area (Å²) in [4.78, 5) is 35.1. The highest BCUT2D eigenvalue weighted by atomic mass is 16.5. The molecular formula is C24H23N3O4. The number of fused-ring (bicyclic) bond motifs is 1. The van der Waals surface area contributed by atoms with Gasteiger partial charge in [0.1, 0.15) is 11.3 Å². The van der Waals surface area contributed by atoms with Crippen molar-refractivity contribution in [3.8, 4) is 11.6 Å². The molecule has 0 bridgehead atoms. The third-order valence-electron chi connectivity index (χ3n) is 5.37. The van der Waals surface area contributed by atoms with Crippen molar-refractivity contribution in [2.24, 2.45) is 0 Å². The molecular weight excluding hydrogens is 394 g/mol. The lowest BCUT2D eigenvalue weighted by Crippen LogP contribution is -2.36. The average Bonchev–Trinajstić information content (AvgIpc) is 2.82. The summed E-state index contributed by atoms with van der Waals surface area (Å²) in [5.41, 5.74) is 2.57. The first-order chi connectivity index (χ1) is 15.1. The molecule has 1 amide bonds. The van der Waals surface area contributed by atoms with Gasteiger partial charge in [0.25, 0.3) is 5.91 Å². The third-order valence-corrected chi connectivity index (χ3v) is 5.37. The van der Waals surface area contributed by atoms with Gasteiger partial charge in [0.05, 0.1) is 12.2 Å². The van der Waals surface area contributed by atoms with Crippen molar-refractivity contribution >= 4 is 11.9 Å². The van der Waals surface area contributed by atoms with E-state index >= 15 is 0 Å². The van der Waals surface area contributed by atoms with E-state index in [4.69, 9.17) is 9.47 Å². The van der Waals surface area contributed by atoms with E-state index in [1.165, 1.54) is 18.0 Å². The van der Waals surface area contributed by atoms with Crippen LogP contribution >= 0.6 is 0 Å². The average molecular weight is 417 g/mol. The van der Waals surface area contributed by atoms with Gasteiger partial charge in [0.15, 0.2) is 6.61 Å². The summed E-state index contributed by atoms with van der Waals surface area (Å²) in [6.45, 7) is -0.352. The number of aryl methyl sites for hydroxylation is 1. The molecule has 3 aromatic rings. The van der Waals surface area contributed by atoms with E-state index < -0.39 is 5.97 Å². The largest absolute Gasteiger partial charge is 0.452 e. The van der Waals surface area contributed by atoms with Crippen molar-refractivity contribution in [1.29, 1.82) is 0 Å². The lowest BCUT2D eigenvalue weighted by molar-refractivity contribution is -0.135. The van der Waals surface area contributed by atoms with E-state index in [0.29, 0.717) is 5.75 Å². The number of esters is 1. The molecule has 158 valence electrons. The molecule has 31 heavy (non-hydrogen) atoms. The van der Waals surface area contributed by atoms with Crippen LogP contribution in [0.5, 0.6) is 11.6 Å². The number of ether oxygens (including phenoxy) is 2. The number of carbonyl (C=O) groups is 2. The van der Waals surface area contributed by atoms with Gasteiger partial charge in [-0.15, -0.1) is 0 Å². The summed E-state index contributed by atoms with van der Waals surface area (Å²) in [5.74, 6) is -0.379. The Labute approximate surface area is 180 Å². The first kappa shape index (κ1) is 20.5. The van der Waals surface area contributed by atoms with Crippen molar-refractivity contribution in [2.45, 2.75) is 25.3 Å². The molecule has 0 fully saturated rings. The van der Waals surface area contributed by atoms with Crippen molar-refractivity contribution in [3.63, 3.8) is 0 Å². The molecule has 1 unspecified atom stereocenters. The van der Waals surface area contributed by atoms with Gasteiger partial charge in [-0.1, -0.05) is 24.3 Å². The van der Waals surface area contributed by atoms with E-state index in [0.717, 1.165) is 24.8 Å². The Morgan fingerprint density at radius 3 is 2.77 bits per heavy atom. The Balaban J connectivity index is 1.41. The smallest absolute Gasteiger partial charge is 0.344 e. The first-order valence-corrected chi connectivity index (χ1v) is 10.2. The molecule has 0 spiro atoms. The molecule has 2 aromatic heterocycles. The second-order valence-electron chi connectivity index (χ2n) is 7.33. The third kappa shape index (κ3) is 4.71. The van der Waals surface area contributed by atoms with E-state index in [1.807, 2.05) is 12.1 Å². The Bertz CT molecular complexity index is 1070. The Kier molecular flexibility index (Phi) is 6.21. The van der Waals surface area contributed by atoms with Crippen LogP contribution in [0.25, 0.3) is 0 Å². The van der Waals surface area contributed by atoms with E-state index in [2.05, 4.69) is 22.1 Å². The van der Waals surface area contributed by atoms with Gasteiger partial charge >= 0.3 is 5.97 Å². The zero-order chi connectivity index (χ0) is 21.6. The van der Waals surface area contributed by atoms with Crippen LogP contribution in [0.15, 0.2) is 67.1 Å². The minimum Gasteiger partial charge on any atom is -0.452 e. The fourth-order valence-electron chi connectivity index (χ4n) is 3.76. The molecule has 1 aromatic carbocycles. The minimum absolute atomic E-state index is 0.0148. The Morgan fingerprint density at radius 1 is 1.10 bits per heavy atom. The number of amides is 1. The van der Waals surface area contributed by atoms with Crippen LogP contribution in [0.1, 0.15) is 40.4 Å². The topological polar surface area (TPSA) is 81.6 Å². The predicted molar refractivity (Wildman–Crippen MR) is 114 cm³/mol. The lowest BCUT2D eigenvalue weighted by atomic mass is 9.87. The van der Waals surface area contributed by atoms with Gasteiger partial charge in [-0.3, -0.25) is 9.78 Å². The number of hydrogen-bond donors (Lipinski definition) is 0. The molecule has 7 nitrogen and oxygen atoms in total. The maximum atomic E-state index is 12.8. The van der Waals surface area contributed by atoms with Crippen LogP contribution in [0, 0.1) is 0 Å². The molecule has 0 aliphatic heterocycles. The van der Waals surface area contributed by atoms with Crippen molar-refractivity contribution in [2.75, 3.05) is 13.7 Å². The molecule has 0 saturated carbocycles. The fraction of sp³-hybridized carbons (Fsp3) is 0.250. The van der Waals surface area contributed by atoms with Crippen LogP contribution in [-0.2, 0) is 16.0 Å². The normalized spacial score (nSPS) is 14.9. The van der Waals surface area contributed by atoms with Gasteiger partial charge in [0, 0.05) is 19.4 Å². The van der Waals surface area contributed by atoms with Crippen molar-refractivity contribution in [1.82, 2.24) is 14.9 Å². The van der Waals surface area contributed by atoms with E-state index in [1.54, 1.807) is 42.4 Å². The van der Waals surface area contributed by atoms with Crippen molar-refractivity contribution in [3.05, 3.63) is 83.8 Å². The number of hydrogen-bond acceptors (Lipinski definition) is 6. The number of pyridine rings is 2. The van der Waals surface area contributed by atoms with Crippen molar-refractivity contribution < 1.29 is 19.1 Å². The van der Waals surface area contributed by atoms with Crippen LogP contribution in [-0.4, -0.2) is 40.4 Å². The minimum atomic E-state index is -0.669. The summed E-state index contributed by atoms with van der Waals surface area (Å²) < 4.78 is 11.0. The maximum absolute atomic E-state index is 12.8. The molecule has 2 heterocycles. The summed E-state index contributed by atoms with van der Waals surface area (Å²) in [7, 11) is 1.75. The standard InChI is InChI=1S/C24H23N3O4/c1-27(21-12-4-8-17-7-2-3-10-19(17)21)22(28)16-30-24(29)20-11-6-14-26-23(20)31-18-9-5-13-25-15-18/h2-3,5-7,9-11,13-15,21H,4,8,12,16H2,1H3. The molecule has 7 heteroatoms. The Hall–Kier alpha value is -3.74. The lowest BCUT2D eigenvalue weighted by Gasteiger charge is -2.33. The second-order valence-corrected chi connectivity index (χ2v) is 7.33. The molecule has 4 rings (SSSR count). The van der Waals surface area contributed by atoms with Gasteiger partial charge < -0.3 is 14.4 Å². The highest BCUT2D eigenvalue weighted by Crippen LogP contribution is 2.33. The number of carbonyl (C=O) groups excluding carboxylic acids is 2. The molecule has 0 saturated heterocycles. The number of aromatic nitrogens is 2. The number of nitrogens with zero attached hydrogens (tertiary/aromatic N) is 3. The van der Waals surface area contributed by atoms with E-state index in [9.17, 15) is 9.59 Å². The molecule has 1 aliphatic rings. The fourth-order valence-corrected chi connectivity index (χ4v) is 3.76. The molecule has 0 radical (unpaired) electrons. The summed E-state index contributed by atoms with van der Waals surface area (Å²) in [6.07, 6.45) is 7.58. The Morgan fingerprint density at radius 2 is 1.94 bits per heavy atom. The second kappa shape index (κ2) is 9.38. The zero-order valence-electron chi connectivity index (χ0n) is 17.2. The van der Waals surface area contributed by atoms with Crippen LogP contribution in [0.4, 0.5) is 0 Å². The van der Waals surface area contributed by atoms with Gasteiger partial charge in [-0.05, 0) is 54.7 Å². The zero-order valence-corrected chi connectivity index (χ0v) is 17.2. The molecule has 1 aliphatic carbocycles. The quantitative estimate of drug-likeness (QED) is 0.565. The van der Waals surface area contributed by atoms with Crippen LogP contribution in [0.3, 0.4) is 0 Å². The number of benzene rings is 1.